The number of hydrogen-bond acceptors (Lipinski definition) is 3. The van der Waals surface area contributed by atoms with Gasteiger partial charge in [-0.2, -0.15) is 0 Å². The molecular weight excluding hydrogens is 308 g/mol. The van der Waals surface area contributed by atoms with Gasteiger partial charge in [-0.25, -0.2) is 0 Å². The summed E-state index contributed by atoms with van der Waals surface area (Å²) >= 11 is 3.20. The van der Waals surface area contributed by atoms with E-state index in [1.165, 1.54) is 0 Å². The zero-order chi connectivity index (χ0) is 14.6. The maximum absolute atomic E-state index is 11.9. The lowest BCUT2D eigenvalue weighted by atomic mass is 9.84. The van der Waals surface area contributed by atoms with E-state index in [9.17, 15) is 4.79 Å². The summed E-state index contributed by atoms with van der Waals surface area (Å²) in [6, 6.07) is 3.64. The highest BCUT2D eigenvalue weighted by molar-refractivity contribution is 9.09. The molecule has 0 bridgehead atoms. The number of carbonyl (C=O) groups is 1. The van der Waals surface area contributed by atoms with Gasteiger partial charge in [-0.3, -0.25) is 4.79 Å². The van der Waals surface area contributed by atoms with E-state index in [0.29, 0.717) is 29.0 Å². The van der Waals surface area contributed by atoms with Crippen molar-refractivity contribution in [2.24, 2.45) is 0 Å². The first-order valence-corrected chi connectivity index (χ1v) is 7.41. The standard InChI is InChI=1S/C15H21BrO3/c1-6-19-13-8-10(12(17)9-16)7-11(14(13)18-5)15(2,3)4/h7-8H,6,9H2,1-5H3. The number of alkyl halides is 1. The molecular formula is C15H21BrO3. The van der Waals surface area contributed by atoms with E-state index in [4.69, 9.17) is 9.47 Å². The van der Waals surface area contributed by atoms with Crippen LogP contribution in [0.3, 0.4) is 0 Å². The monoisotopic (exact) mass is 328 g/mol. The van der Waals surface area contributed by atoms with Gasteiger partial charge in [0.15, 0.2) is 17.3 Å². The Labute approximate surface area is 123 Å². The Hall–Kier alpha value is -1.03. The van der Waals surface area contributed by atoms with Gasteiger partial charge >= 0.3 is 0 Å². The van der Waals surface area contributed by atoms with Gasteiger partial charge in [0, 0.05) is 11.1 Å². The fourth-order valence-corrected chi connectivity index (χ4v) is 2.19. The molecule has 3 nitrogen and oxygen atoms in total. The van der Waals surface area contributed by atoms with Gasteiger partial charge in [0.05, 0.1) is 19.0 Å². The highest BCUT2D eigenvalue weighted by atomic mass is 79.9. The average molecular weight is 329 g/mol. The maximum Gasteiger partial charge on any atom is 0.173 e. The number of rotatable bonds is 5. The fraction of sp³-hybridized carbons (Fsp3) is 0.533. The third kappa shape index (κ3) is 3.72. The maximum atomic E-state index is 11.9. The molecule has 0 N–H and O–H groups in total. The largest absolute Gasteiger partial charge is 0.493 e. The van der Waals surface area contributed by atoms with E-state index < -0.39 is 0 Å². The van der Waals surface area contributed by atoms with Gasteiger partial charge in [-0.1, -0.05) is 36.7 Å². The van der Waals surface area contributed by atoms with Crippen molar-refractivity contribution in [1.82, 2.24) is 0 Å². The van der Waals surface area contributed by atoms with Crippen LogP contribution in [0.15, 0.2) is 12.1 Å². The predicted molar refractivity (Wildman–Crippen MR) is 81.0 cm³/mol. The zero-order valence-corrected chi connectivity index (χ0v) is 13.8. The number of ether oxygens (including phenoxy) is 2. The van der Waals surface area contributed by atoms with Gasteiger partial charge in [-0.05, 0) is 24.5 Å². The molecule has 1 aromatic carbocycles. The number of Topliss-reactive ketones (excluding diaryl/α,β-unsaturated/α-hetero) is 1. The first-order chi connectivity index (χ1) is 8.85. The smallest absolute Gasteiger partial charge is 0.173 e. The van der Waals surface area contributed by atoms with Crippen LogP contribution in [-0.4, -0.2) is 24.8 Å². The Kier molecular flexibility index (Phi) is 5.41. The first kappa shape index (κ1) is 16.0. The van der Waals surface area contributed by atoms with Crippen LogP contribution in [0.25, 0.3) is 0 Å². The second kappa shape index (κ2) is 6.42. The Morgan fingerprint density at radius 3 is 2.37 bits per heavy atom. The van der Waals surface area contributed by atoms with E-state index in [-0.39, 0.29) is 11.2 Å². The summed E-state index contributed by atoms with van der Waals surface area (Å²) < 4.78 is 11.1. The van der Waals surface area contributed by atoms with E-state index in [1.54, 1.807) is 13.2 Å². The highest BCUT2D eigenvalue weighted by Crippen LogP contribution is 2.39. The first-order valence-electron chi connectivity index (χ1n) is 6.29. The van der Waals surface area contributed by atoms with Gasteiger partial charge in [0.25, 0.3) is 0 Å². The minimum atomic E-state index is -0.125. The molecule has 0 aliphatic heterocycles. The lowest BCUT2D eigenvalue weighted by Crippen LogP contribution is -2.15. The Balaban J connectivity index is 3.49. The van der Waals surface area contributed by atoms with Crippen LogP contribution in [0, 0.1) is 0 Å². The Morgan fingerprint density at radius 1 is 1.32 bits per heavy atom. The molecule has 0 radical (unpaired) electrons. The molecule has 4 heteroatoms. The second-order valence-electron chi connectivity index (χ2n) is 5.30. The Bertz CT molecular complexity index is 461. The molecule has 0 saturated carbocycles. The Morgan fingerprint density at radius 2 is 1.95 bits per heavy atom. The average Bonchev–Trinajstić information content (AvgIpc) is 2.36. The van der Waals surface area contributed by atoms with Gasteiger partial charge in [0.1, 0.15) is 0 Å². The summed E-state index contributed by atoms with van der Waals surface area (Å²) in [6.45, 7) is 8.70. The minimum Gasteiger partial charge on any atom is -0.493 e. The zero-order valence-electron chi connectivity index (χ0n) is 12.2. The number of methoxy groups -OCH3 is 1. The summed E-state index contributed by atoms with van der Waals surface area (Å²) in [7, 11) is 1.62. The quantitative estimate of drug-likeness (QED) is 0.606. The second-order valence-corrected chi connectivity index (χ2v) is 5.86. The third-order valence-corrected chi connectivity index (χ3v) is 3.32. The van der Waals surface area contributed by atoms with Crippen molar-refractivity contribution >= 4 is 21.7 Å². The molecule has 0 amide bonds. The lowest BCUT2D eigenvalue weighted by molar-refractivity contribution is 0.102. The molecule has 1 aromatic rings. The molecule has 0 atom stereocenters. The van der Waals surface area contributed by atoms with Crippen LogP contribution < -0.4 is 9.47 Å². The number of carbonyl (C=O) groups excluding carboxylic acids is 1. The van der Waals surface area contributed by atoms with Crippen LogP contribution in [0.2, 0.25) is 0 Å². The van der Waals surface area contributed by atoms with Crippen molar-refractivity contribution in [1.29, 1.82) is 0 Å². The summed E-state index contributed by atoms with van der Waals surface area (Å²) in [5.41, 5.74) is 1.50. The van der Waals surface area contributed by atoms with Crippen molar-refractivity contribution < 1.29 is 14.3 Å². The van der Waals surface area contributed by atoms with E-state index in [1.807, 2.05) is 13.0 Å². The van der Waals surface area contributed by atoms with Gasteiger partial charge < -0.3 is 9.47 Å². The molecule has 0 fully saturated rings. The highest BCUT2D eigenvalue weighted by Gasteiger charge is 2.24. The van der Waals surface area contributed by atoms with Crippen molar-refractivity contribution in [3.63, 3.8) is 0 Å². The van der Waals surface area contributed by atoms with E-state index in [0.717, 1.165) is 5.56 Å². The molecule has 0 heterocycles. The predicted octanol–water partition coefficient (Wildman–Crippen LogP) is 3.97. The molecule has 0 unspecified atom stereocenters. The number of hydrogen-bond donors (Lipinski definition) is 0. The van der Waals surface area contributed by atoms with E-state index >= 15 is 0 Å². The van der Waals surface area contributed by atoms with Crippen LogP contribution in [-0.2, 0) is 5.41 Å². The molecule has 0 aliphatic carbocycles. The van der Waals surface area contributed by atoms with Crippen LogP contribution in [0.5, 0.6) is 11.5 Å². The molecule has 0 aliphatic rings. The van der Waals surface area contributed by atoms with Crippen molar-refractivity contribution in [2.45, 2.75) is 33.1 Å². The molecule has 19 heavy (non-hydrogen) atoms. The van der Waals surface area contributed by atoms with Crippen LogP contribution >= 0.6 is 15.9 Å². The van der Waals surface area contributed by atoms with Gasteiger partial charge in [-0.15, -0.1) is 0 Å². The molecule has 106 valence electrons. The number of halogens is 1. The topological polar surface area (TPSA) is 35.5 Å². The normalized spacial score (nSPS) is 11.3. The molecule has 0 aromatic heterocycles. The lowest BCUT2D eigenvalue weighted by Gasteiger charge is -2.24. The number of benzene rings is 1. The van der Waals surface area contributed by atoms with Crippen LogP contribution in [0.1, 0.15) is 43.6 Å². The summed E-state index contributed by atoms with van der Waals surface area (Å²) in [5.74, 6) is 1.37. The SMILES string of the molecule is CCOc1cc(C(=O)CBr)cc(C(C)(C)C)c1OC. The van der Waals surface area contributed by atoms with Crippen molar-refractivity contribution in [2.75, 3.05) is 19.0 Å². The van der Waals surface area contributed by atoms with Gasteiger partial charge in [0.2, 0.25) is 0 Å². The molecule has 0 saturated heterocycles. The molecule has 1 rings (SSSR count). The van der Waals surface area contributed by atoms with E-state index in [2.05, 4.69) is 36.7 Å². The van der Waals surface area contributed by atoms with Crippen molar-refractivity contribution in [3.8, 4) is 11.5 Å². The fourth-order valence-electron chi connectivity index (χ4n) is 1.87. The summed E-state index contributed by atoms with van der Waals surface area (Å²) in [5, 5.41) is 0.300. The third-order valence-electron chi connectivity index (χ3n) is 2.81. The molecule has 0 spiro atoms. The van der Waals surface area contributed by atoms with Crippen LogP contribution in [0.4, 0.5) is 0 Å². The summed E-state index contributed by atoms with van der Waals surface area (Å²) in [4.78, 5) is 11.9. The minimum absolute atomic E-state index is 0.0362. The summed E-state index contributed by atoms with van der Waals surface area (Å²) in [6.07, 6.45) is 0. The number of ketones is 1. The van der Waals surface area contributed by atoms with Crippen molar-refractivity contribution in [3.05, 3.63) is 23.3 Å².